The Balaban J connectivity index is 1.82. The van der Waals surface area contributed by atoms with Crippen molar-refractivity contribution in [1.29, 1.82) is 0 Å². The number of likely N-dealkylation sites (tertiary alicyclic amines) is 1. The summed E-state index contributed by atoms with van der Waals surface area (Å²) in [7, 11) is 6.40. The van der Waals surface area contributed by atoms with E-state index in [4.69, 9.17) is 4.74 Å². The lowest BCUT2D eigenvalue weighted by Crippen LogP contribution is -2.50. The second kappa shape index (κ2) is 9.93. The van der Waals surface area contributed by atoms with Crippen molar-refractivity contribution in [2.45, 2.75) is 39.2 Å². The highest BCUT2D eigenvalue weighted by Crippen LogP contribution is 2.21. The summed E-state index contributed by atoms with van der Waals surface area (Å²) in [6.45, 7) is 8.05. The summed E-state index contributed by atoms with van der Waals surface area (Å²) in [4.78, 5) is 19.2. The minimum atomic E-state index is 0.0947. The van der Waals surface area contributed by atoms with Gasteiger partial charge < -0.3 is 19.4 Å². The van der Waals surface area contributed by atoms with Crippen molar-refractivity contribution in [2.75, 3.05) is 53.9 Å². The van der Waals surface area contributed by atoms with Gasteiger partial charge in [-0.15, -0.1) is 0 Å². The molecule has 0 bridgehead atoms. The van der Waals surface area contributed by atoms with E-state index in [2.05, 4.69) is 43.9 Å². The topological polar surface area (TPSA) is 36.0 Å². The van der Waals surface area contributed by atoms with Crippen LogP contribution in [-0.2, 0) is 4.79 Å². The third-order valence-electron chi connectivity index (χ3n) is 5.39. The molecule has 0 radical (unpaired) electrons. The molecule has 1 atom stereocenters. The maximum absolute atomic E-state index is 12.6. The number of rotatable bonds is 8. The number of carbonyl (C=O) groups is 1. The fourth-order valence-electron chi connectivity index (χ4n) is 3.47. The van der Waals surface area contributed by atoms with Crippen LogP contribution in [0.4, 0.5) is 0 Å². The number of nitrogens with zero attached hydrogens (tertiary/aromatic N) is 3. The summed E-state index contributed by atoms with van der Waals surface area (Å²) in [5.74, 6) is 0.907. The number of amides is 1. The van der Waals surface area contributed by atoms with Crippen LogP contribution in [0.3, 0.4) is 0 Å². The fourth-order valence-corrected chi connectivity index (χ4v) is 3.47. The van der Waals surface area contributed by atoms with Crippen LogP contribution >= 0.6 is 0 Å². The number of ether oxygens (including phenoxy) is 1. The fraction of sp³-hybridized carbons (Fsp3) is 0.667. The highest BCUT2D eigenvalue weighted by Gasteiger charge is 2.26. The zero-order chi connectivity index (χ0) is 19.1. The predicted octanol–water partition coefficient (Wildman–Crippen LogP) is 2.56. The molecule has 1 unspecified atom stereocenters. The number of hydrogen-bond donors (Lipinski definition) is 0. The Morgan fingerprint density at radius 3 is 2.73 bits per heavy atom. The van der Waals surface area contributed by atoms with Crippen LogP contribution in [0.5, 0.6) is 5.75 Å². The molecule has 1 fully saturated rings. The molecule has 0 N–H and O–H groups in total. The SMILES string of the molecule is Cc1cccc(OCC(=O)N2CCCC(N(C)CCCN(C)C)C2)c1C. The van der Waals surface area contributed by atoms with Gasteiger partial charge in [0.15, 0.2) is 6.61 Å². The first-order valence-corrected chi connectivity index (χ1v) is 9.70. The second-order valence-corrected chi connectivity index (χ2v) is 7.76. The number of piperidine rings is 1. The Hall–Kier alpha value is -1.59. The largest absolute Gasteiger partial charge is 0.483 e. The van der Waals surface area contributed by atoms with Crippen LogP contribution in [0.25, 0.3) is 0 Å². The van der Waals surface area contributed by atoms with Gasteiger partial charge in [0.05, 0.1) is 0 Å². The van der Waals surface area contributed by atoms with E-state index in [-0.39, 0.29) is 12.5 Å². The number of carbonyl (C=O) groups excluding carboxylic acids is 1. The zero-order valence-corrected chi connectivity index (χ0v) is 17.1. The number of likely N-dealkylation sites (N-methyl/N-ethyl adjacent to an activating group) is 1. The molecule has 0 aliphatic carbocycles. The average Bonchev–Trinajstić information content (AvgIpc) is 2.62. The van der Waals surface area contributed by atoms with E-state index < -0.39 is 0 Å². The standard InChI is InChI=1S/C21H35N3O2/c1-17-9-6-11-20(18(17)2)26-16-21(25)24-14-7-10-19(15-24)23(5)13-8-12-22(3)4/h6,9,11,19H,7-8,10,12-16H2,1-5H3. The second-order valence-electron chi connectivity index (χ2n) is 7.76. The molecular weight excluding hydrogens is 326 g/mol. The maximum Gasteiger partial charge on any atom is 0.260 e. The smallest absolute Gasteiger partial charge is 0.260 e. The average molecular weight is 362 g/mol. The van der Waals surface area contributed by atoms with Gasteiger partial charge in [-0.1, -0.05) is 12.1 Å². The minimum Gasteiger partial charge on any atom is -0.483 e. The van der Waals surface area contributed by atoms with Crippen molar-refractivity contribution in [3.8, 4) is 5.75 Å². The molecule has 0 saturated carbocycles. The van der Waals surface area contributed by atoms with Gasteiger partial charge in [0, 0.05) is 19.1 Å². The monoisotopic (exact) mass is 361 g/mol. The van der Waals surface area contributed by atoms with Crippen molar-refractivity contribution in [2.24, 2.45) is 0 Å². The van der Waals surface area contributed by atoms with Gasteiger partial charge in [0.2, 0.25) is 0 Å². The Kier molecular flexibility index (Phi) is 7.91. The van der Waals surface area contributed by atoms with E-state index in [1.165, 1.54) is 12.0 Å². The summed E-state index contributed by atoms with van der Waals surface area (Å²) >= 11 is 0. The molecule has 146 valence electrons. The molecule has 1 aromatic rings. The summed E-state index contributed by atoms with van der Waals surface area (Å²) in [5, 5.41) is 0. The first-order valence-electron chi connectivity index (χ1n) is 9.70. The lowest BCUT2D eigenvalue weighted by Gasteiger charge is -2.37. The molecule has 0 aromatic heterocycles. The number of hydrogen-bond acceptors (Lipinski definition) is 4. The van der Waals surface area contributed by atoms with E-state index in [9.17, 15) is 4.79 Å². The van der Waals surface area contributed by atoms with Gasteiger partial charge >= 0.3 is 0 Å². The predicted molar refractivity (Wildman–Crippen MR) is 107 cm³/mol. The van der Waals surface area contributed by atoms with Crippen LogP contribution in [-0.4, -0.2) is 80.6 Å². The quantitative estimate of drug-likeness (QED) is 0.713. The molecule has 5 nitrogen and oxygen atoms in total. The zero-order valence-electron chi connectivity index (χ0n) is 17.1. The van der Waals surface area contributed by atoms with Crippen molar-refractivity contribution in [3.63, 3.8) is 0 Å². The third kappa shape index (κ3) is 5.99. The summed E-state index contributed by atoms with van der Waals surface area (Å²) in [6, 6.07) is 6.43. The molecule has 1 amide bonds. The molecule has 1 aliphatic rings. The minimum absolute atomic E-state index is 0.0947. The Bertz CT molecular complexity index is 589. The van der Waals surface area contributed by atoms with Gasteiger partial charge in [-0.25, -0.2) is 0 Å². The van der Waals surface area contributed by atoms with Crippen LogP contribution in [0, 0.1) is 13.8 Å². The molecule has 2 rings (SSSR count). The van der Waals surface area contributed by atoms with Crippen LogP contribution in [0.2, 0.25) is 0 Å². The van der Waals surface area contributed by atoms with E-state index >= 15 is 0 Å². The van der Waals surface area contributed by atoms with E-state index in [0.29, 0.717) is 6.04 Å². The van der Waals surface area contributed by atoms with Gasteiger partial charge in [-0.3, -0.25) is 4.79 Å². The first kappa shape index (κ1) is 20.7. The van der Waals surface area contributed by atoms with Crippen molar-refractivity contribution >= 4 is 5.91 Å². The molecule has 5 heteroatoms. The Morgan fingerprint density at radius 1 is 1.23 bits per heavy atom. The Labute approximate surface area is 158 Å². The molecular formula is C21H35N3O2. The molecule has 1 aliphatic heterocycles. The third-order valence-corrected chi connectivity index (χ3v) is 5.39. The lowest BCUT2D eigenvalue weighted by atomic mass is 10.0. The van der Waals surface area contributed by atoms with Crippen LogP contribution in [0.15, 0.2) is 18.2 Å². The molecule has 1 saturated heterocycles. The first-order chi connectivity index (χ1) is 12.4. The van der Waals surface area contributed by atoms with Gasteiger partial charge in [-0.05, 0) is 84.5 Å². The maximum atomic E-state index is 12.6. The normalized spacial score (nSPS) is 17.8. The van der Waals surface area contributed by atoms with Gasteiger partial charge in [0.25, 0.3) is 5.91 Å². The molecule has 1 aromatic carbocycles. The highest BCUT2D eigenvalue weighted by atomic mass is 16.5. The van der Waals surface area contributed by atoms with Crippen molar-refractivity contribution in [1.82, 2.24) is 14.7 Å². The Morgan fingerprint density at radius 2 is 2.00 bits per heavy atom. The lowest BCUT2D eigenvalue weighted by molar-refractivity contribution is -0.135. The van der Waals surface area contributed by atoms with Gasteiger partial charge in [-0.2, -0.15) is 0 Å². The van der Waals surface area contributed by atoms with E-state index in [0.717, 1.165) is 50.3 Å². The summed E-state index contributed by atoms with van der Waals surface area (Å²) < 4.78 is 5.81. The van der Waals surface area contributed by atoms with E-state index in [1.54, 1.807) is 0 Å². The van der Waals surface area contributed by atoms with Crippen molar-refractivity contribution in [3.05, 3.63) is 29.3 Å². The molecule has 26 heavy (non-hydrogen) atoms. The summed E-state index contributed by atoms with van der Waals surface area (Å²) in [5.41, 5.74) is 2.30. The van der Waals surface area contributed by atoms with Crippen molar-refractivity contribution < 1.29 is 9.53 Å². The number of aryl methyl sites for hydroxylation is 1. The van der Waals surface area contributed by atoms with Crippen LogP contribution < -0.4 is 4.74 Å². The number of benzene rings is 1. The van der Waals surface area contributed by atoms with Gasteiger partial charge in [0.1, 0.15) is 5.75 Å². The summed E-state index contributed by atoms with van der Waals surface area (Å²) in [6.07, 6.45) is 3.39. The molecule has 1 heterocycles. The highest BCUT2D eigenvalue weighted by molar-refractivity contribution is 5.78. The van der Waals surface area contributed by atoms with Crippen LogP contribution in [0.1, 0.15) is 30.4 Å². The van der Waals surface area contributed by atoms with E-state index in [1.807, 2.05) is 24.0 Å². The molecule has 0 spiro atoms.